The standard InChI is InChI=1S/C23H36N2O.FH/c1-2-3-4-5-6-7-8-9-10-14-17-22(26)23-24-18-19-25(23)20-21-15-12-11-13-16-21;/h11-13,15-16,18-19,22,26H,2-10,14,17,20H2,1H3;1H. The van der Waals surface area contributed by atoms with E-state index in [0.29, 0.717) is 0 Å². The van der Waals surface area contributed by atoms with Crippen LogP contribution < -0.4 is 9.27 Å². The Morgan fingerprint density at radius 2 is 1.48 bits per heavy atom. The smallest absolute Gasteiger partial charge is 0.283 e. The van der Waals surface area contributed by atoms with E-state index in [4.69, 9.17) is 0 Å². The zero-order chi connectivity index (χ0) is 18.5. The number of benzene rings is 1. The average molecular weight is 377 g/mol. The number of rotatable bonds is 14. The third-order valence-corrected chi connectivity index (χ3v) is 5.14. The van der Waals surface area contributed by atoms with Crippen LogP contribution in [0.3, 0.4) is 0 Å². The monoisotopic (exact) mass is 376 g/mol. The highest BCUT2D eigenvalue weighted by atomic mass is 19.0. The molecule has 1 aromatic heterocycles. The second-order valence-electron chi connectivity index (χ2n) is 7.45. The molecule has 3 nitrogen and oxygen atoms in total. The van der Waals surface area contributed by atoms with Crippen LogP contribution in [0.2, 0.25) is 0 Å². The Morgan fingerprint density at radius 1 is 0.889 bits per heavy atom. The lowest BCUT2D eigenvalue weighted by Gasteiger charge is -2.08. The maximum atomic E-state index is 10.5. The van der Waals surface area contributed by atoms with E-state index in [1.807, 2.05) is 18.5 Å². The molecule has 4 heteroatoms. The first-order valence-electron chi connectivity index (χ1n) is 10.6. The molecule has 0 saturated heterocycles. The normalized spacial score (nSPS) is 11.9. The number of hydrogen-bond acceptors (Lipinski definition) is 1. The van der Waals surface area contributed by atoms with Crippen molar-refractivity contribution >= 4 is 0 Å². The predicted octanol–water partition coefficient (Wildman–Crippen LogP) is 2.70. The van der Waals surface area contributed by atoms with Crippen molar-refractivity contribution in [3.8, 4) is 0 Å². The van der Waals surface area contributed by atoms with Crippen molar-refractivity contribution < 1.29 is 14.4 Å². The van der Waals surface area contributed by atoms with Crippen molar-refractivity contribution in [2.24, 2.45) is 0 Å². The molecule has 1 aromatic carbocycles. The summed E-state index contributed by atoms with van der Waals surface area (Å²) in [6.07, 6.45) is 17.6. The summed E-state index contributed by atoms with van der Waals surface area (Å²) in [5.74, 6) is 0.921. The van der Waals surface area contributed by atoms with Crippen molar-refractivity contribution in [3.63, 3.8) is 0 Å². The third kappa shape index (κ3) is 9.18. The lowest BCUT2D eigenvalue weighted by molar-refractivity contribution is -0.698. The number of hydrogen-bond donors (Lipinski definition) is 2. The Morgan fingerprint density at radius 3 is 2.11 bits per heavy atom. The van der Waals surface area contributed by atoms with Crippen molar-refractivity contribution in [2.75, 3.05) is 0 Å². The first-order chi connectivity index (χ1) is 12.8. The Balaban J connectivity index is 0.00000364. The molecule has 0 aliphatic heterocycles. The zero-order valence-corrected chi connectivity index (χ0v) is 16.9. The van der Waals surface area contributed by atoms with Gasteiger partial charge in [0.2, 0.25) is 0 Å². The molecule has 0 saturated carbocycles. The Labute approximate surface area is 164 Å². The molecule has 2 rings (SSSR count). The van der Waals surface area contributed by atoms with Crippen LogP contribution in [0.25, 0.3) is 0 Å². The lowest BCUT2D eigenvalue weighted by Crippen LogP contribution is -3.00. The lowest BCUT2D eigenvalue weighted by atomic mass is 10.0. The SMILES string of the molecule is CCCCCCCCCCCCC(O)c1[nH]cc[n+]1Cc1ccccc1.[F-]. The van der Waals surface area contributed by atoms with E-state index in [2.05, 4.69) is 40.7 Å². The zero-order valence-electron chi connectivity index (χ0n) is 16.9. The number of imidazole rings is 1. The minimum absolute atomic E-state index is 0. The number of aliphatic hydroxyl groups is 1. The predicted molar refractivity (Wildman–Crippen MR) is 108 cm³/mol. The van der Waals surface area contributed by atoms with Crippen LogP contribution in [0.1, 0.15) is 95.0 Å². The van der Waals surface area contributed by atoms with Crippen LogP contribution in [-0.2, 0) is 6.54 Å². The van der Waals surface area contributed by atoms with Gasteiger partial charge in [0, 0.05) is 0 Å². The second kappa shape index (κ2) is 14.4. The molecule has 0 fully saturated rings. The molecule has 1 atom stereocenters. The number of nitrogens with zero attached hydrogens (tertiary/aromatic N) is 1. The van der Waals surface area contributed by atoms with Gasteiger partial charge in [0.15, 0.2) is 6.10 Å². The van der Waals surface area contributed by atoms with Crippen LogP contribution in [-0.4, -0.2) is 10.1 Å². The first-order valence-corrected chi connectivity index (χ1v) is 10.6. The average Bonchev–Trinajstić information content (AvgIpc) is 3.12. The first kappa shape index (κ1) is 23.4. The number of H-pyrrole nitrogens is 1. The summed E-state index contributed by atoms with van der Waals surface area (Å²) in [5, 5.41) is 10.5. The Kier molecular flexibility index (Phi) is 12.4. The molecular formula is C23H37FN2O. The van der Waals surface area contributed by atoms with Gasteiger partial charge >= 0.3 is 0 Å². The van der Waals surface area contributed by atoms with E-state index in [1.54, 1.807) is 0 Å². The van der Waals surface area contributed by atoms with Gasteiger partial charge in [-0.15, -0.1) is 0 Å². The van der Waals surface area contributed by atoms with Gasteiger partial charge in [-0.2, -0.15) is 0 Å². The fraction of sp³-hybridized carbons (Fsp3) is 0.609. The highest BCUT2D eigenvalue weighted by Crippen LogP contribution is 2.17. The van der Waals surface area contributed by atoms with Gasteiger partial charge in [0.1, 0.15) is 18.9 Å². The van der Waals surface area contributed by atoms with Crippen molar-refractivity contribution in [1.82, 2.24) is 4.98 Å². The minimum atomic E-state index is -0.400. The topological polar surface area (TPSA) is 39.9 Å². The van der Waals surface area contributed by atoms with Gasteiger partial charge in [-0.1, -0.05) is 101 Å². The molecule has 0 bridgehead atoms. The highest BCUT2D eigenvalue weighted by Gasteiger charge is 2.20. The number of aromatic amines is 1. The Hall–Kier alpha value is -1.68. The molecule has 27 heavy (non-hydrogen) atoms. The number of aromatic nitrogens is 2. The molecule has 0 amide bonds. The van der Waals surface area contributed by atoms with Crippen molar-refractivity contribution in [3.05, 3.63) is 54.1 Å². The van der Waals surface area contributed by atoms with Crippen LogP contribution in [0.4, 0.5) is 0 Å². The summed E-state index contributed by atoms with van der Waals surface area (Å²) >= 11 is 0. The second-order valence-corrected chi connectivity index (χ2v) is 7.45. The maximum Gasteiger partial charge on any atom is 0.283 e. The van der Waals surface area contributed by atoms with Crippen molar-refractivity contribution in [2.45, 2.75) is 90.2 Å². The summed E-state index contributed by atoms with van der Waals surface area (Å²) in [6.45, 7) is 3.07. The molecule has 0 spiro atoms. The minimum Gasteiger partial charge on any atom is -1.00 e. The molecule has 1 unspecified atom stereocenters. The molecule has 0 radical (unpaired) electrons. The summed E-state index contributed by atoms with van der Waals surface area (Å²) < 4.78 is 2.12. The number of aliphatic hydroxyl groups excluding tert-OH is 1. The van der Waals surface area contributed by atoms with E-state index < -0.39 is 6.10 Å². The van der Waals surface area contributed by atoms with E-state index >= 15 is 0 Å². The van der Waals surface area contributed by atoms with Gasteiger partial charge in [-0.05, 0) is 12.0 Å². The van der Waals surface area contributed by atoms with Crippen LogP contribution in [0, 0.1) is 0 Å². The van der Waals surface area contributed by atoms with E-state index in [0.717, 1.165) is 25.2 Å². The van der Waals surface area contributed by atoms with Gasteiger partial charge in [-0.3, -0.25) is 0 Å². The maximum absolute atomic E-state index is 10.5. The fourth-order valence-electron chi connectivity index (χ4n) is 3.54. The van der Waals surface area contributed by atoms with Gasteiger partial charge < -0.3 is 9.81 Å². The van der Waals surface area contributed by atoms with Crippen molar-refractivity contribution in [1.29, 1.82) is 0 Å². The number of unbranched alkanes of at least 4 members (excludes halogenated alkanes) is 9. The summed E-state index contributed by atoms with van der Waals surface area (Å²) in [7, 11) is 0. The molecule has 0 aliphatic rings. The quantitative estimate of drug-likeness (QED) is 0.386. The molecule has 152 valence electrons. The van der Waals surface area contributed by atoms with Crippen LogP contribution >= 0.6 is 0 Å². The highest BCUT2D eigenvalue weighted by molar-refractivity contribution is 5.13. The summed E-state index contributed by atoms with van der Waals surface area (Å²) in [4.78, 5) is 3.22. The molecule has 0 aliphatic carbocycles. The molecule has 1 heterocycles. The van der Waals surface area contributed by atoms with E-state index in [-0.39, 0.29) is 4.70 Å². The third-order valence-electron chi connectivity index (χ3n) is 5.14. The van der Waals surface area contributed by atoms with Gasteiger partial charge in [0.25, 0.3) is 5.82 Å². The largest absolute Gasteiger partial charge is 1.00 e. The van der Waals surface area contributed by atoms with Gasteiger partial charge in [0.05, 0.1) is 0 Å². The van der Waals surface area contributed by atoms with Crippen LogP contribution in [0.15, 0.2) is 42.7 Å². The van der Waals surface area contributed by atoms with E-state index in [9.17, 15) is 5.11 Å². The molecule has 2 aromatic rings. The van der Waals surface area contributed by atoms with E-state index in [1.165, 1.54) is 63.4 Å². The van der Waals surface area contributed by atoms with Gasteiger partial charge in [-0.25, -0.2) is 9.55 Å². The summed E-state index contributed by atoms with van der Waals surface area (Å²) in [6, 6.07) is 10.4. The summed E-state index contributed by atoms with van der Waals surface area (Å²) in [5.41, 5.74) is 1.25. The van der Waals surface area contributed by atoms with Crippen LogP contribution in [0.5, 0.6) is 0 Å². The Bertz CT molecular complexity index is 585. The molecular weight excluding hydrogens is 339 g/mol. The fourth-order valence-corrected chi connectivity index (χ4v) is 3.54. The molecule has 2 N–H and O–H groups in total. The number of nitrogens with one attached hydrogen (secondary N) is 1. The number of halogens is 1.